The van der Waals surface area contributed by atoms with Crippen LogP contribution in [0.4, 0.5) is 4.39 Å². The highest BCUT2D eigenvalue weighted by molar-refractivity contribution is 5.79. The van der Waals surface area contributed by atoms with Crippen LogP contribution < -0.4 is 26.8 Å². The van der Waals surface area contributed by atoms with Gasteiger partial charge in [-0.05, 0) is 62.6 Å². The highest BCUT2D eigenvalue weighted by atomic mass is 19.1. The Morgan fingerprint density at radius 1 is 1.33 bits per heavy atom. The third-order valence-corrected chi connectivity index (χ3v) is 5.08. The Balaban J connectivity index is 0.00000210. The molecule has 0 aliphatic carbocycles. The summed E-state index contributed by atoms with van der Waals surface area (Å²) in [5, 5.41) is 7.91. The molecule has 0 radical (unpaired) electrons. The van der Waals surface area contributed by atoms with Gasteiger partial charge in [0.05, 0.1) is 12.5 Å². The molecule has 5 nitrogen and oxygen atoms in total. The topological polar surface area (TPSA) is 74.0 Å². The first-order valence-corrected chi connectivity index (χ1v) is 9.00. The monoisotopic (exact) mass is 373 g/mol. The number of carbonyl (C=O) groups is 1. The van der Waals surface area contributed by atoms with E-state index in [4.69, 9.17) is 0 Å². The van der Waals surface area contributed by atoms with Crippen LogP contribution in [-0.4, -0.2) is 17.4 Å². The van der Waals surface area contributed by atoms with Crippen LogP contribution in [0.3, 0.4) is 0 Å². The van der Waals surface area contributed by atoms with E-state index in [0.717, 1.165) is 33.0 Å². The fourth-order valence-electron chi connectivity index (χ4n) is 3.68. The molecule has 1 aliphatic heterocycles. The summed E-state index contributed by atoms with van der Waals surface area (Å²) in [6.45, 7) is 8.15. The molecule has 2 heterocycles. The molecule has 146 valence electrons. The molecule has 6 heteroatoms. The zero-order valence-corrected chi connectivity index (χ0v) is 16.0. The first kappa shape index (κ1) is 18.9. The lowest BCUT2D eigenvalue weighted by atomic mass is 10.0. The third kappa shape index (κ3) is 3.79. The van der Waals surface area contributed by atoms with Crippen molar-refractivity contribution in [2.75, 3.05) is 6.54 Å². The van der Waals surface area contributed by atoms with Crippen molar-refractivity contribution < 1.29 is 12.0 Å². The van der Waals surface area contributed by atoms with Crippen molar-refractivity contribution in [1.29, 1.82) is 0 Å². The Morgan fingerprint density at radius 3 is 2.78 bits per heavy atom. The number of pyridine rings is 1. The molecule has 27 heavy (non-hydrogen) atoms. The third-order valence-electron chi connectivity index (χ3n) is 5.08. The molecule has 1 aliphatic rings. The van der Waals surface area contributed by atoms with Gasteiger partial charge in [0, 0.05) is 31.2 Å². The predicted molar refractivity (Wildman–Crippen MR) is 108 cm³/mol. The van der Waals surface area contributed by atoms with E-state index in [2.05, 4.69) is 15.6 Å². The maximum Gasteiger partial charge on any atom is 0.252 e. The number of H-pyrrole nitrogens is 1. The molecule has 1 amide bonds. The summed E-state index contributed by atoms with van der Waals surface area (Å²) in [5.41, 5.74) is 3.65. The van der Waals surface area contributed by atoms with Crippen LogP contribution in [-0.2, 0) is 11.2 Å². The summed E-state index contributed by atoms with van der Waals surface area (Å²) < 4.78 is 13.3. The maximum atomic E-state index is 13.3. The molecule has 0 saturated heterocycles. The molecule has 3 N–H and O–H groups in total. The van der Waals surface area contributed by atoms with Crippen LogP contribution in [0.5, 0.6) is 0 Å². The lowest BCUT2D eigenvalue weighted by Gasteiger charge is -2.18. The second-order valence-corrected chi connectivity index (χ2v) is 7.02. The fourth-order valence-corrected chi connectivity index (χ4v) is 3.68. The molecule has 2 aromatic rings. The smallest absolute Gasteiger partial charge is 0.252 e. The van der Waals surface area contributed by atoms with Crippen LogP contribution in [0.1, 0.15) is 45.0 Å². The summed E-state index contributed by atoms with van der Waals surface area (Å²) in [6, 6.07) is 4.22. The summed E-state index contributed by atoms with van der Waals surface area (Å²) in [7, 11) is 0. The standard InChI is InChI=1S/C21H24FN3O2.2H2/c1-11-9-15(22)5-6-16(11)13(3)24-19(26)10-17-12(2)20-14(4)23-8-7-18(20)25-21(17)27;;/h5-7,9,13,23H,8,10H2,1-4H3,(H,24,26)(H,25,27);2*1H/t13-;;/m0../s1. The second kappa shape index (κ2) is 7.39. The number of hydrogen-bond donors (Lipinski definition) is 3. The predicted octanol–water partition coefficient (Wildman–Crippen LogP) is 1.55. The van der Waals surface area contributed by atoms with Crippen molar-refractivity contribution in [3.05, 3.63) is 67.2 Å². The van der Waals surface area contributed by atoms with Gasteiger partial charge >= 0.3 is 0 Å². The molecule has 1 aromatic heterocycles. The summed E-state index contributed by atoms with van der Waals surface area (Å²) in [5.74, 6) is -0.548. The summed E-state index contributed by atoms with van der Waals surface area (Å²) >= 11 is 0. The van der Waals surface area contributed by atoms with Gasteiger partial charge < -0.3 is 15.6 Å². The molecule has 0 bridgehead atoms. The number of aromatic nitrogens is 1. The Morgan fingerprint density at radius 2 is 2.07 bits per heavy atom. The normalized spacial score (nSPS) is 14.0. The highest BCUT2D eigenvalue weighted by Crippen LogP contribution is 2.18. The van der Waals surface area contributed by atoms with Crippen molar-refractivity contribution in [2.24, 2.45) is 0 Å². The molecular formula is C21H28FN3O2. The lowest BCUT2D eigenvalue weighted by molar-refractivity contribution is -0.121. The summed E-state index contributed by atoms with van der Waals surface area (Å²) in [6.07, 6.45) is 1.92. The number of amides is 1. The van der Waals surface area contributed by atoms with E-state index in [1.54, 1.807) is 6.07 Å². The molecule has 0 spiro atoms. The second-order valence-electron chi connectivity index (χ2n) is 7.02. The molecule has 0 saturated carbocycles. The van der Waals surface area contributed by atoms with Crippen molar-refractivity contribution in [3.63, 3.8) is 0 Å². The van der Waals surface area contributed by atoms with E-state index in [-0.39, 0.29) is 32.6 Å². The number of aromatic amines is 1. The average molecular weight is 373 g/mol. The summed E-state index contributed by atoms with van der Waals surface area (Å²) in [4.78, 5) is 27.9. The Hall–Kier alpha value is -2.89. The molecular weight excluding hydrogens is 345 g/mol. The first-order valence-electron chi connectivity index (χ1n) is 9.00. The molecule has 0 fully saturated rings. The zero-order valence-electron chi connectivity index (χ0n) is 16.0. The van der Waals surface area contributed by atoms with E-state index in [1.165, 1.54) is 12.1 Å². The van der Waals surface area contributed by atoms with Crippen molar-refractivity contribution in [1.82, 2.24) is 15.6 Å². The van der Waals surface area contributed by atoms with E-state index in [9.17, 15) is 14.0 Å². The number of halogens is 1. The van der Waals surface area contributed by atoms with Gasteiger partial charge in [-0.3, -0.25) is 9.59 Å². The van der Waals surface area contributed by atoms with Crippen molar-refractivity contribution >= 4 is 17.7 Å². The molecule has 3 rings (SSSR count). The Labute approximate surface area is 160 Å². The quantitative estimate of drug-likeness (QED) is 0.761. The van der Waals surface area contributed by atoms with Gasteiger partial charge in [0.2, 0.25) is 5.91 Å². The van der Waals surface area contributed by atoms with Gasteiger partial charge in [-0.1, -0.05) is 6.07 Å². The number of rotatable bonds is 4. The van der Waals surface area contributed by atoms with Gasteiger partial charge in [0.25, 0.3) is 5.56 Å². The largest absolute Gasteiger partial charge is 0.384 e. The Kier molecular flexibility index (Phi) is 5.17. The van der Waals surface area contributed by atoms with Crippen LogP contribution in [0.15, 0.2) is 23.0 Å². The van der Waals surface area contributed by atoms with Gasteiger partial charge in [0.1, 0.15) is 5.82 Å². The fraction of sp³-hybridized carbons (Fsp3) is 0.333. The van der Waals surface area contributed by atoms with Gasteiger partial charge in [-0.25, -0.2) is 4.39 Å². The van der Waals surface area contributed by atoms with E-state index in [1.807, 2.05) is 33.8 Å². The number of fused-ring (bicyclic) bond motifs is 1. The number of aryl methyl sites for hydroxylation is 1. The van der Waals surface area contributed by atoms with E-state index < -0.39 is 0 Å². The SMILES string of the molecule is CC1=c2c(C)c(CC(=O)N[C@@H](C)c3ccc(F)cc3C)c(=O)[nH]c2=CCN1.[HH].[HH]. The molecule has 1 atom stereocenters. The number of hydrogen-bond acceptors (Lipinski definition) is 3. The van der Waals surface area contributed by atoms with Crippen LogP contribution in [0, 0.1) is 19.7 Å². The number of carbonyl (C=O) groups excluding carboxylic acids is 1. The van der Waals surface area contributed by atoms with E-state index >= 15 is 0 Å². The van der Waals surface area contributed by atoms with Crippen LogP contribution in [0.2, 0.25) is 0 Å². The Bertz CT molecular complexity index is 1100. The van der Waals surface area contributed by atoms with Crippen LogP contribution in [0.25, 0.3) is 11.8 Å². The minimum Gasteiger partial charge on any atom is -0.384 e. The maximum absolute atomic E-state index is 13.3. The lowest BCUT2D eigenvalue weighted by Crippen LogP contribution is -2.46. The van der Waals surface area contributed by atoms with E-state index in [0.29, 0.717) is 12.1 Å². The zero-order chi connectivity index (χ0) is 19.7. The number of nitrogens with one attached hydrogen (secondary N) is 3. The van der Waals surface area contributed by atoms with Gasteiger partial charge in [-0.2, -0.15) is 0 Å². The first-order chi connectivity index (χ1) is 12.8. The minimum absolute atomic E-state index is 0. The molecule has 0 unspecified atom stereocenters. The minimum atomic E-state index is -0.303. The van der Waals surface area contributed by atoms with Gasteiger partial charge in [0.15, 0.2) is 0 Å². The van der Waals surface area contributed by atoms with Gasteiger partial charge in [-0.15, -0.1) is 0 Å². The number of benzene rings is 1. The highest BCUT2D eigenvalue weighted by Gasteiger charge is 2.17. The molecule has 1 aromatic carbocycles. The average Bonchev–Trinajstić information content (AvgIpc) is 2.58. The van der Waals surface area contributed by atoms with Crippen LogP contribution >= 0.6 is 0 Å². The van der Waals surface area contributed by atoms with Crippen molar-refractivity contribution in [3.8, 4) is 0 Å². The van der Waals surface area contributed by atoms with Crippen molar-refractivity contribution in [2.45, 2.75) is 40.2 Å².